The molecule has 46 valence electrons. The minimum atomic E-state index is 1.07. The maximum atomic E-state index is 4.25. The SMILES string of the molecule is Bc1ccc(S)c(C)c1. The molecule has 2 heteroatoms. The van der Waals surface area contributed by atoms with E-state index in [9.17, 15) is 0 Å². The molecule has 9 heavy (non-hydrogen) atoms. The van der Waals surface area contributed by atoms with E-state index in [1.54, 1.807) is 0 Å². The van der Waals surface area contributed by atoms with Gasteiger partial charge in [0.2, 0.25) is 0 Å². The monoisotopic (exact) mass is 136 g/mol. The van der Waals surface area contributed by atoms with Crippen LogP contribution in [0.4, 0.5) is 0 Å². The van der Waals surface area contributed by atoms with Gasteiger partial charge in [-0.15, -0.1) is 12.6 Å². The van der Waals surface area contributed by atoms with Gasteiger partial charge in [-0.25, -0.2) is 0 Å². The van der Waals surface area contributed by atoms with Crippen LogP contribution >= 0.6 is 12.6 Å². The average molecular weight is 136 g/mol. The lowest BCUT2D eigenvalue weighted by molar-refractivity contribution is 1.33. The van der Waals surface area contributed by atoms with Crippen LogP contribution in [0.2, 0.25) is 0 Å². The van der Waals surface area contributed by atoms with Crippen LogP contribution < -0.4 is 5.46 Å². The second-order valence-electron chi connectivity index (χ2n) is 2.29. The van der Waals surface area contributed by atoms with Gasteiger partial charge in [0.25, 0.3) is 0 Å². The van der Waals surface area contributed by atoms with Crippen LogP contribution in [0.3, 0.4) is 0 Å². The fraction of sp³-hybridized carbons (Fsp3) is 0.143. The molecule has 0 saturated carbocycles. The molecule has 0 bridgehead atoms. The quantitative estimate of drug-likeness (QED) is 0.390. The molecule has 1 rings (SSSR count). The third-order valence-electron chi connectivity index (χ3n) is 1.35. The summed E-state index contributed by atoms with van der Waals surface area (Å²) in [5.74, 6) is 0. The molecule has 0 N–H and O–H groups in total. The van der Waals surface area contributed by atoms with Crippen molar-refractivity contribution < 1.29 is 0 Å². The van der Waals surface area contributed by atoms with E-state index in [0.717, 1.165) is 4.90 Å². The van der Waals surface area contributed by atoms with Gasteiger partial charge < -0.3 is 0 Å². The number of aryl methyl sites for hydroxylation is 1. The first-order valence-electron chi connectivity index (χ1n) is 2.96. The van der Waals surface area contributed by atoms with Crippen LogP contribution in [0.1, 0.15) is 5.56 Å². The highest BCUT2D eigenvalue weighted by atomic mass is 32.1. The van der Waals surface area contributed by atoms with E-state index in [0.29, 0.717) is 0 Å². The summed E-state index contributed by atoms with van der Waals surface area (Å²) >= 11 is 4.25. The molecule has 0 aromatic heterocycles. The first-order valence-corrected chi connectivity index (χ1v) is 3.41. The molecule has 0 nitrogen and oxygen atoms in total. The summed E-state index contributed by atoms with van der Waals surface area (Å²) in [6.45, 7) is 2.06. The Kier molecular flexibility index (Phi) is 1.86. The Labute approximate surface area is 62.1 Å². The topological polar surface area (TPSA) is 0 Å². The molecule has 1 aromatic carbocycles. The lowest BCUT2D eigenvalue weighted by atomic mass is 9.95. The molecule has 0 unspecified atom stereocenters. The van der Waals surface area contributed by atoms with Crippen molar-refractivity contribution >= 4 is 25.9 Å². The first kappa shape index (κ1) is 6.75. The van der Waals surface area contributed by atoms with Crippen molar-refractivity contribution in [2.24, 2.45) is 0 Å². The van der Waals surface area contributed by atoms with Crippen LogP contribution in [0.15, 0.2) is 23.1 Å². The molecular formula is C7H9BS. The Bertz CT molecular complexity index is 220. The molecular weight excluding hydrogens is 127 g/mol. The first-order chi connectivity index (χ1) is 4.20. The van der Waals surface area contributed by atoms with Crippen molar-refractivity contribution in [2.75, 3.05) is 0 Å². The summed E-state index contributed by atoms with van der Waals surface area (Å²) in [4.78, 5) is 1.07. The molecule has 0 aliphatic rings. The van der Waals surface area contributed by atoms with Crippen LogP contribution in [0.5, 0.6) is 0 Å². The summed E-state index contributed by atoms with van der Waals surface area (Å²) < 4.78 is 0. The zero-order valence-corrected chi connectivity index (χ0v) is 6.57. The van der Waals surface area contributed by atoms with Crippen molar-refractivity contribution in [3.63, 3.8) is 0 Å². The van der Waals surface area contributed by atoms with Gasteiger partial charge in [0.15, 0.2) is 0 Å². The fourth-order valence-electron chi connectivity index (χ4n) is 0.805. The molecule has 0 radical (unpaired) electrons. The van der Waals surface area contributed by atoms with Gasteiger partial charge in [-0.2, -0.15) is 0 Å². The molecule has 0 amide bonds. The van der Waals surface area contributed by atoms with Gasteiger partial charge in [0.05, 0.1) is 0 Å². The number of hydrogen-bond acceptors (Lipinski definition) is 1. The summed E-state index contributed by atoms with van der Waals surface area (Å²) in [5, 5.41) is 0. The zero-order valence-electron chi connectivity index (χ0n) is 5.68. The van der Waals surface area contributed by atoms with Crippen LogP contribution in [0, 0.1) is 6.92 Å². The Morgan fingerprint density at radius 2 is 2.11 bits per heavy atom. The fourth-order valence-corrected chi connectivity index (χ4v) is 0.944. The Morgan fingerprint density at radius 1 is 1.44 bits per heavy atom. The summed E-state index contributed by atoms with van der Waals surface area (Å²) in [6, 6.07) is 6.21. The summed E-state index contributed by atoms with van der Waals surface area (Å²) in [7, 11) is 2.08. The molecule has 0 saturated heterocycles. The maximum absolute atomic E-state index is 4.25. The minimum Gasteiger partial charge on any atom is -0.143 e. The van der Waals surface area contributed by atoms with Gasteiger partial charge in [-0.1, -0.05) is 17.6 Å². The van der Waals surface area contributed by atoms with Crippen LogP contribution in [-0.4, -0.2) is 7.85 Å². The van der Waals surface area contributed by atoms with Gasteiger partial charge in [-0.3, -0.25) is 0 Å². The summed E-state index contributed by atoms with van der Waals surface area (Å²) in [5.41, 5.74) is 2.55. The maximum Gasteiger partial charge on any atom is 0.139 e. The Morgan fingerprint density at radius 3 is 2.56 bits per heavy atom. The highest BCUT2D eigenvalue weighted by Crippen LogP contribution is 2.08. The molecule has 0 heterocycles. The number of benzene rings is 1. The highest BCUT2D eigenvalue weighted by molar-refractivity contribution is 7.80. The number of thiol groups is 1. The molecule has 0 aliphatic carbocycles. The number of rotatable bonds is 0. The average Bonchev–Trinajstić information content (AvgIpc) is 1.80. The van der Waals surface area contributed by atoms with E-state index in [4.69, 9.17) is 0 Å². The van der Waals surface area contributed by atoms with E-state index in [-0.39, 0.29) is 0 Å². The van der Waals surface area contributed by atoms with Crippen molar-refractivity contribution in [1.29, 1.82) is 0 Å². The largest absolute Gasteiger partial charge is 0.143 e. The van der Waals surface area contributed by atoms with Gasteiger partial charge in [0, 0.05) is 4.90 Å². The third kappa shape index (κ3) is 1.52. The van der Waals surface area contributed by atoms with Crippen LogP contribution in [-0.2, 0) is 0 Å². The predicted molar refractivity (Wildman–Crippen MR) is 46.6 cm³/mol. The van der Waals surface area contributed by atoms with E-state index in [2.05, 4.69) is 39.5 Å². The normalized spacial score (nSPS) is 9.56. The molecule has 0 spiro atoms. The lowest BCUT2D eigenvalue weighted by Gasteiger charge is -1.97. The molecule has 0 fully saturated rings. The minimum absolute atomic E-state index is 1.07. The van der Waals surface area contributed by atoms with E-state index < -0.39 is 0 Å². The lowest BCUT2D eigenvalue weighted by Crippen LogP contribution is -2.00. The second kappa shape index (κ2) is 2.48. The van der Waals surface area contributed by atoms with E-state index in [1.807, 2.05) is 6.07 Å². The van der Waals surface area contributed by atoms with Gasteiger partial charge in [-0.05, 0) is 18.6 Å². The molecule has 0 aliphatic heterocycles. The van der Waals surface area contributed by atoms with Crippen LogP contribution in [0.25, 0.3) is 0 Å². The van der Waals surface area contributed by atoms with Gasteiger partial charge >= 0.3 is 0 Å². The van der Waals surface area contributed by atoms with E-state index in [1.165, 1.54) is 11.0 Å². The van der Waals surface area contributed by atoms with Crippen molar-refractivity contribution in [1.82, 2.24) is 0 Å². The highest BCUT2D eigenvalue weighted by Gasteiger charge is 1.89. The second-order valence-corrected chi connectivity index (χ2v) is 2.77. The molecule has 0 atom stereocenters. The van der Waals surface area contributed by atoms with Crippen molar-refractivity contribution in [3.05, 3.63) is 23.8 Å². The summed E-state index contributed by atoms with van der Waals surface area (Å²) in [6.07, 6.45) is 0. The van der Waals surface area contributed by atoms with Gasteiger partial charge in [0.1, 0.15) is 7.85 Å². The smallest absolute Gasteiger partial charge is 0.139 e. The zero-order chi connectivity index (χ0) is 6.85. The molecule has 1 aromatic rings. The Hall–Kier alpha value is -0.365. The third-order valence-corrected chi connectivity index (χ3v) is 1.85. The predicted octanol–water partition coefficient (Wildman–Crippen LogP) is 0.542. The Balaban J connectivity index is 3.17. The van der Waals surface area contributed by atoms with Crippen molar-refractivity contribution in [2.45, 2.75) is 11.8 Å². The number of hydrogen-bond donors (Lipinski definition) is 1. The van der Waals surface area contributed by atoms with E-state index >= 15 is 0 Å². The van der Waals surface area contributed by atoms with Crippen molar-refractivity contribution in [3.8, 4) is 0 Å². The standard InChI is InChI=1S/C7H9BS/c1-5-4-6(8)2-3-7(5)9/h2-4,9H,8H2,1H3.